The predicted octanol–water partition coefficient (Wildman–Crippen LogP) is 2.90. The van der Waals surface area contributed by atoms with Crippen molar-refractivity contribution in [1.29, 1.82) is 0 Å². The van der Waals surface area contributed by atoms with Crippen LogP contribution in [0.15, 0.2) is 54.7 Å². The van der Waals surface area contributed by atoms with Gasteiger partial charge in [-0.3, -0.25) is 0 Å². The van der Waals surface area contributed by atoms with Crippen molar-refractivity contribution in [3.8, 4) is 11.4 Å². The molecule has 22 heavy (non-hydrogen) atoms. The molecule has 0 saturated heterocycles. The summed E-state index contributed by atoms with van der Waals surface area (Å²) in [6, 6.07) is 14.1. The summed E-state index contributed by atoms with van der Waals surface area (Å²) in [5.74, 6) is 0.0597. The quantitative estimate of drug-likeness (QED) is 0.776. The minimum Gasteiger partial charge on any atom is -0.506 e. The van der Waals surface area contributed by atoms with E-state index in [4.69, 9.17) is 11.6 Å². The third-order valence-electron chi connectivity index (χ3n) is 3.31. The van der Waals surface area contributed by atoms with Crippen LogP contribution >= 0.6 is 11.6 Å². The Labute approximate surface area is 132 Å². The van der Waals surface area contributed by atoms with Crippen molar-refractivity contribution in [2.24, 2.45) is 0 Å². The second-order valence-corrected chi connectivity index (χ2v) is 5.35. The van der Waals surface area contributed by atoms with Crippen molar-refractivity contribution >= 4 is 11.6 Å². The highest BCUT2D eigenvalue weighted by atomic mass is 35.5. The standard InChI is InChI=1S/C16H14ClN3O2/c17-12-6-7-15(21)14(8-12)20-10-13(18-19-20)9-16(22)11-4-2-1-3-5-11/h1-8,10,16,21-22H,9H2. The molecule has 0 aliphatic heterocycles. The molecule has 6 heteroatoms. The van der Waals surface area contributed by atoms with E-state index in [9.17, 15) is 10.2 Å². The zero-order valence-electron chi connectivity index (χ0n) is 11.6. The van der Waals surface area contributed by atoms with Crippen LogP contribution in [0.3, 0.4) is 0 Å². The summed E-state index contributed by atoms with van der Waals surface area (Å²) in [6.07, 6.45) is 1.35. The third kappa shape index (κ3) is 3.10. The molecule has 3 rings (SSSR count). The van der Waals surface area contributed by atoms with Gasteiger partial charge in [-0.1, -0.05) is 47.1 Å². The van der Waals surface area contributed by atoms with Crippen LogP contribution in [0.2, 0.25) is 5.02 Å². The van der Waals surface area contributed by atoms with Gasteiger partial charge in [0.05, 0.1) is 18.0 Å². The Morgan fingerprint density at radius 2 is 1.91 bits per heavy atom. The summed E-state index contributed by atoms with van der Waals surface area (Å²) < 4.78 is 1.44. The molecule has 0 fully saturated rings. The second kappa shape index (κ2) is 6.17. The molecule has 1 aromatic heterocycles. The fourth-order valence-electron chi connectivity index (χ4n) is 2.18. The van der Waals surface area contributed by atoms with E-state index in [1.165, 1.54) is 10.7 Å². The highest BCUT2D eigenvalue weighted by molar-refractivity contribution is 6.30. The number of halogens is 1. The van der Waals surface area contributed by atoms with Gasteiger partial charge in [0, 0.05) is 11.4 Å². The van der Waals surface area contributed by atoms with E-state index in [-0.39, 0.29) is 5.75 Å². The van der Waals surface area contributed by atoms with Crippen molar-refractivity contribution < 1.29 is 10.2 Å². The van der Waals surface area contributed by atoms with E-state index in [1.54, 1.807) is 18.3 Å². The minimum atomic E-state index is -0.653. The van der Waals surface area contributed by atoms with Gasteiger partial charge in [0.2, 0.25) is 0 Å². The number of hydrogen-bond donors (Lipinski definition) is 2. The van der Waals surface area contributed by atoms with Gasteiger partial charge in [0.15, 0.2) is 0 Å². The molecule has 2 N–H and O–H groups in total. The van der Waals surface area contributed by atoms with Crippen molar-refractivity contribution in [2.45, 2.75) is 12.5 Å². The van der Waals surface area contributed by atoms with Crippen LogP contribution in [0.5, 0.6) is 5.75 Å². The molecular weight excluding hydrogens is 302 g/mol. The number of aromatic hydroxyl groups is 1. The van der Waals surface area contributed by atoms with Gasteiger partial charge in [-0.15, -0.1) is 5.10 Å². The monoisotopic (exact) mass is 315 g/mol. The lowest BCUT2D eigenvalue weighted by Crippen LogP contribution is -2.01. The van der Waals surface area contributed by atoms with Crippen molar-refractivity contribution in [1.82, 2.24) is 15.0 Å². The molecular formula is C16H14ClN3O2. The maximum absolute atomic E-state index is 10.2. The van der Waals surface area contributed by atoms with Crippen LogP contribution in [-0.4, -0.2) is 25.2 Å². The van der Waals surface area contributed by atoms with Gasteiger partial charge in [-0.05, 0) is 23.8 Å². The number of aromatic nitrogens is 3. The van der Waals surface area contributed by atoms with Crippen LogP contribution in [0.4, 0.5) is 0 Å². The summed E-state index contributed by atoms with van der Waals surface area (Å²) in [7, 11) is 0. The first kappa shape index (κ1) is 14.6. The third-order valence-corrected chi connectivity index (χ3v) is 3.55. The topological polar surface area (TPSA) is 71.2 Å². The zero-order valence-corrected chi connectivity index (χ0v) is 12.4. The summed E-state index contributed by atoms with van der Waals surface area (Å²) in [5, 5.41) is 28.6. The van der Waals surface area contributed by atoms with E-state index < -0.39 is 6.10 Å². The number of nitrogens with zero attached hydrogens (tertiary/aromatic N) is 3. The molecule has 0 aliphatic rings. The lowest BCUT2D eigenvalue weighted by atomic mass is 10.1. The number of hydrogen-bond acceptors (Lipinski definition) is 4. The molecule has 0 saturated carbocycles. The Kier molecular flexibility index (Phi) is 4.09. The van der Waals surface area contributed by atoms with E-state index in [2.05, 4.69) is 10.3 Å². The molecule has 0 bridgehead atoms. The molecule has 0 amide bonds. The van der Waals surface area contributed by atoms with Gasteiger partial charge in [-0.2, -0.15) is 0 Å². The fourth-order valence-corrected chi connectivity index (χ4v) is 2.35. The Morgan fingerprint density at radius 3 is 2.68 bits per heavy atom. The molecule has 3 aromatic rings. The first-order chi connectivity index (χ1) is 10.6. The van der Waals surface area contributed by atoms with Gasteiger partial charge >= 0.3 is 0 Å². The summed E-state index contributed by atoms with van der Waals surface area (Å²) in [4.78, 5) is 0. The van der Waals surface area contributed by atoms with E-state index in [0.717, 1.165) is 5.56 Å². The molecule has 2 aromatic carbocycles. The van der Waals surface area contributed by atoms with E-state index in [0.29, 0.717) is 22.8 Å². The average Bonchev–Trinajstić information content (AvgIpc) is 2.99. The summed E-state index contributed by atoms with van der Waals surface area (Å²) >= 11 is 5.93. The fraction of sp³-hybridized carbons (Fsp3) is 0.125. The first-order valence-electron chi connectivity index (χ1n) is 6.76. The SMILES string of the molecule is Oc1ccc(Cl)cc1-n1cc(CC(O)c2ccccc2)nn1. The number of phenolic OH excluding ortho intramolecular Hbond substituents is 1. The molecule has 0 aliphatic carbocycles. The Balaban J connectivity index is 1.81. The van der Waals surface area contributed by atoms with Gasteiger partial charge in [-0.25, -0.2) is 4.68 Å². The van der Waals surface area contributed by atoms with Crippen LogP contribution in [0.1, 0.15) is 17.4 Å². The average molecular weight is 316 g/mol. The normalized spacial score (nSPS) is 12.3. The maximum Gasteiger partial charge on any atom is 0.141 e. The van der Waals surface area contributed by atoms with E-state index in [1.807, 2.05) is 30.3 Å². The van der Waals surface area contributed by atoms with Gasteiger partial charge in [0.25, 0.3) is 0 Å². The Morgan fingerprint density at radius 1 is 1.14 bits per heavy atom. The molecule has 0 radical (unpaired) electrons. The predicted molar refractivity (Wildman–Crippen MR) is 83.1 cm³/mol. The number of aliphatic hydroxyl groups excluding tert-OH is 1. The molecule has 0 spiro atoms. The molecule has 5 nitrogen and oxygen atoms in total. The van der Waals surface area contributed by atoms with Crippen LogP contribution in [0.25, 0.3) is 5.69 Å². The zero-order chi connectivity index (χ0) is 15.5. The molecule has 1 atom stereocenters. The lowest BCUT2D eigenvalue weighted by molar-refractivity contribution is 0.177. The number of phenols is 1. The second-order valence-electron chi connectivity index (χ2n) is 4.92. The van der Waals surface area contributed by atoms with Crippen molar-refractivity contribution in [3.63, 3.8) is 0 Å². The Bertz CT molecular complexity index is 774. The van der Waals surface area contributed by atoms with Gasteiger partial charge in [0.1, 0.15) is 11.4 Å². The molecule has 112 valence electrons. The molecule has 1 unspecified atom stereocenters. The summed E-state index contributed by atoms with van der Waals surface area (Å²) in [5.41, 5.74) is 1.89. The first-order valence-corrected chi connectivity index (χ1v) is 7.14. The maximum atomic E-state index is 10.2. The van der Waals surface area contributed by atoms with Crippen LogP contribution in [0, 0.1) is 0 Å². The smallest absolute Gasteiger partial charge is 0.141 e. The van der Waals surface area contributed by atoms with Crippen LogP contribution < -0.4 is 0 Å². The van der Waals surface area contributed by atoms with Crippen LogP contribution in [-0.2, 0) is 6.42 Å². The van der Waals surface area contributed by atoms with Gasteiger partial charge < -0.3 is 10.2 Å². The number of benzene rings is 2. The molecule has 1 heterocycles. The number of aliphatic hydroxyl groups is 1. The van der Waals surface area contributed by atoms with E-state index >= 15 is 0 Å². The largest absolute Gasteiger partial charge is 0.506 e. The van der Waals surface area contributed by atoms with Crippen molar-refractivity contribution in [3.05, 3.63) is 71.0 Å². The highest BCUT2D eigenvalue weighted by Gasteiger charge is 2.13. The minimum absolute atomic E-state index is 0.0597. The lowest BCUT2D eigenvalue weighted by Gasteiger charge is -2.08. The number of rotatable bonds is 4. The van der Waals surface area contributed by atoms with Crippen molar-refractivity contribution in [2.75, 3.05) is 0 Å². The summed E-state index contributed by atoms with van der Waals surface area (Å²) in [6.45, 7) is 0. The Hall–Kier alpha value is -2.37. The highest BCUT2D eigenvalue weighted by Crippen LogP contribution is 2.25.